The van der Waals surface area contributed by atoms with Crippen LogP contribution >= 0.6 is 0 Å². The van der Waals surface area contributed by atoms with Crippen LogP contribution in [0.4, 0.5) is 5.82 Å². The van der Waals surface area contributed by atoms with Crippen LogP contribution in [-0.4, -0.2) is 52.7 Å². The summed E-state index contributed by atoms with van der Waals surface area (Å²) >= 11 is 0. The van der Waals surface area contributed by atoms with E-state index >= 15 is 0 Å². The van der Waals surface area contributed by atoms with Gasteiger partial charge in [0.15, 0.2) is 14.9 Å². The summed E-state index contributed by atoms with van der Waals surface area (Å²) in [7, 11) is -5.90. The Labute approximate surface area is 161 Å². The molecule has 11 nitrogen and oxygen atoms in total. The molecule has 0 aliphatic heterocycles. The third kappa shape index (κ3) is 4.55. The maximum Gasteiger partial charge on any atom is 0.258 e. The second-order valence-corrected chi connectivity index (χ2v) is 9.02. The minimum Gasteiger partial charge on any atom is -0.496 e. The monoisotopic (exact) mass is 430 g/mol. The Bertz CT molecular complexity index is 1090. The van der Waals surface area contributed by atoms with Crippen LogP contribution in [0.5, 0.6) is 11.6 Å². The topological polar surface area (TPSA) is 168 Å². The Morgan fingerprint density at radius 1 is 1.18 bits per heavy atom. The Hall–Kier alpha value is -2.77. The minimum atomic E-state index is -4.50. The molecular formula is C15H18N4O7S2. The first kappa shape index (κ1) is 21.5. The molecule has 2 heterocycles. The highest BCUT2D eigenvalue weighted by atomic mass is 32.2. The van der Waals surface area contributed by atoms with E-state index in [0.717, 1.165) is 12.3 Å². The van der Waals surface area contributed by atoms with Crippen molar-refractivity contribution in [3.63, 3.8) is 0 Å². The molecule has 2 aromatic heterocycles. The summed E-state index contributed by atoms with van der Waals surface area (Å²) in [6.45, 7) is 1.30. The number of sulfone groups is 1. The van der Waals surface area contributed by atoms with Crippen molar-refractivity contribution < 1.29 is 31.1 Å². The molecule has 0 saturated carbocycles. The number of hydrogen-bond donors (Lipinski definition) is 2. The van der Waals surface area contributed by atoms with Gasteiger partial charge in [0.2, 0.25) is 5.88 Å². The number of carbonyl (C=O) groups is 1. The van der Waals surface area contributed by atoms with Crippen LogP contribution in [0.15, 0.2) is 34.3 Å². The fourth-order valence-corrected chi connectivity index (χ4v) is 4.62. The molecular weight excluding hydrogens is 412 g/mol. The number of nitrogens with one attached hydrogen (secondary N) is 1. The van der Waals surface area contributed by atoms with E-state index in [1.807, 2.05) is 0 Å². The SMILES string of the molecule is CCS(=O)(=O)c1c(C(=O)Nc2cc(OC)cc(OC)n2)ccnc1S(N)(=O)=O. The molecule has 0 atom stereocenters. The Morgan fingerprint density at radius 2 is 1.86 bits per heavy atom. The Kier molecular flexibility index (Phi) is 6.21. The number of sulfonamides is 1. The fourth-order valence-electron chi connectivity index (χ4n) is 2.21. The molecule has 3 N–H and O–H groups in total. The van der Waals surface area contributed by atoms with E-state index in [2.05, 4.69) is 15.3 Å². The molecule has 0 aliphatic rings. The molecule has 0 bridgehead atoms. The van der Waals surface area contributed by atoms with Crippen LogP contribution in [0, 0.1) is 0 Å². The van der Waals surface area contributed by atoms with Crippen LogP contribution in [-0.2, 0) is 19.9 Å². The zero-order chi connectivity index (χ0) is 21.1. The number of ether oxygens (including phenoxy) is 2. The lowest BCUT2D eigenvalue weighted by atomic mass is 10.2. The number of pyridine rings is 2. The molecule has 0 saturated heterocycles. The number of nitrogens with zero attached hydrogens (tertiary/aromatic N) is 2. The number of anilines is 1. The van der Waals surface area contributed by atoms with Gasteiger partial charge >= 0.3 is 0 Å². The van der Waals surface area contributed by atoms with E-state index in [9.17, 15) is 21.6 Å². The largest absolute Gasteiger partial charge is 0.496 e. The van der Waals surface area contributed by atoms with Crippen molar-refractivity contribution in [1.82, 2.24) is 9.97 Å². The molecule has 0 fully saturated rings. The average Bonchev–Trinajstić information content (AvgIpc) is 2.66. The number of hydrogen-bond acceptors (Lipinski definition) is 9. The number of methoxy groups -OCH3 is 2. The first-order valence-electron chi connectivity index (χ1n) is 7.69. The van der Waals surface area contributed by atoms with Crippen molar-refractivity contribution in [2.24, 2.45) is 5.14 Å². The third-order valence-electron chi connectivity index (χ3n) is 3.54. The standard InChI is InChI=1S/C15H18N4O7S2/c1-4-27(21,22)13-10(5-6-17-15(13)28(16,23)24)14(20)19-11-7-9(25-2)8-12(18-11)26-3/h5-8H,4H2,1-3H3,(H2,16,23,24)(H,18,19,20). The number of carbonyl (C=O) groups excluding carboxylic acids is 1. The van der Waals surface area contributed by atoms with E-state index in [4.69, 9.17) is 14.6 Å². The summed E-state index contributed by atoms with van der Waals surface area (Å²) < 4.78 is 58.6. The lowest BCUT2D eigenvalue weighted by Crippen LogP contribution is -2.24. The molecule has 0 aliphatic carbocycles. The van der Waals surface area contributed by atoms with E-state index < -0.39 is 47.0 Å². The maximum atomic E-state index is 12.7. The van der Waals surface area contributed by atoms with Crippen molar-refractivity contribution >= 4 is 31.6 Å². The smallest absolute Gasteiger partial charge is 0.258 e. The van der Waals surface area contributed by atoms with Gasteiger partial charge < -0.3 is 14.8 Å². The molecule has 1 amide bonds. The van der Waals surface area contributed by atoms with Crippen molar-refractivity contribution in [3.8, 4) is 11.6 Å². The highest BCUT2D eigenvalue weighted by Crippen LogP contribution is 2.26. The molecule has 2 rings (SSSR count). The molecule has 0 radical (unpaired) electrons. The lowest BCUT2D eigenvalue weighted by molar-refractivity contribution is 0.102. The summed E-state index contributed by atoms with van der Waals surface area (Å²) in [6, 6.07) is 3.91. The third-order valence-corrected chi connectivity index (χ3v) is 6.31. The van der Waals surface area contributed by atoms with Gasteiger partial charge in [0.1, 0.15) is 16.5 Å². The van der Waals surface area contributed by atoms with Crippen molar-refractivity contribution in [2.45, 2.75) is 16.8 Å². The summed E-state index contributed by atoms with van der Waals surface area (Å²) in [5, 5.41) is 6.56. The van der Waals surface area contributed by atoms with Gasteiger partial charge in [-0.25, -0.2) is 27.0 Å². The minimum absolute atomic E-state index is 0.00462. The van der Waals surface area contributed by atoms with E-state index in [0.29, 0.717) is 5.75 Å². The van der Waals surface area contributed by atoms with E-state index in [-0.39, 0.29) is 11.7 Å². The quantitative estimate of drug-likeness (QED) is 0.622. The predicted molar refractivity (Wildman–Crippen MR) is 98.6 cm³/mol. The zero-order valence-electron chi connectivity index (χ0n) is 15.2. The summed E-state index contributed by atoms with van der Waals surface area (Å²) in [6.07, 6.45) is 0.975. The van der Waals surface area contributed by atoms with Crippen LogP contribution in [0.25, 0.3) is 0 Å². The number of amides is 1. The van der Waals surface area contributed by atoms with Gasteiger partial charge in [-0.2, -0.15) is 4.98 Å². The van der Waals surface area contributed by atoms with Crippen molar-refractivity contribution in [2.75, 3.05) is 25.3 Å². The average molecular weight is 430 g/mol. The maximum absolute atomic E-state index is 12.7. The van der Waals surface area contributed by atoms with Crippen LogP contribution in [0.3, 0.4) is 0 Å². The summed E-state index contributed by atoms with van der Waals surface area (Å²) in [5.74, 6) is -0.941. The first-order valence-corrected chi connectivity index (χ1v) is 10.9. The second kappa shape index (κ2) is 8.08. The molecule has 152 valence electrons. The van der Waals surface area contributed by atoms with Crippen molar-refractivity contribution in [3.05, 3.63) is 30.0 Å². The van der Waals surface area contributed by atoms with Gasteiger partial charge in [-0.3, -0.25) is 4.79 Å². The second-order valence-electron chi connectivity index (χ2n) is 5.33. The van der Waals surface area contributed by atoms with E-state index in [1.165, 1.54) is 33.3 Å². The molecule has 13 heteroatoms. The summed E-state index contributed by atoms with van der Waals surface area (Å²) in [4.78, 5) is 19.5. The lowest BCUT2D eigenvalue weighted by Gasteiger charge is -2.13. The molecule has 0 unspecified atom stereocenters. The van der Waals surface area contributed by atoms with Crippen molar-refractivity contribution in [1.29, 1.82) is 0 Å². The Balaban J connectivity index is 2.61. The normalized spacial score (nSPS) is 11.7. The zero-order valence-corrected chi connectivity index (χ0v) is 16.8. The molecule has 0 aromatic carbocycles. The van der Waals surface area contributed by atoms with Gasteiger partial charge in [0, 0.05) is 18.3 Å². The molecule has 28 heavy (non-hydrogen) atoms. The van der Waals surface area contributed by atoms with Gasteiger partial charge in [0.05, 0.1) is 25.5 Å². The predicted octanol–water partition coefficient (Wildman–Crippen LogP) is 0.187. The number of primary sulfonamides is 1. The van der Waals surface area contributed by atoms with Gasteiger partial charge in [0.25, 0.3) is 15.9 Å². The van der Waals surface area contributed by atoms with Gasteiger partial charge in [-0.15, -0.1) is 0 Å². The molecule has 2 aromatic rings. The first-order chi connectivity index (χ1) is 13.0. The van der Waals surface area contributed by atoms with Crippen LogP contribution in [0.2, 0.25) is 0 Å². The van der Waals surface area contributed by atoms with Crippen LogP contribution < -0.4 is 19.9 Å². The van der Waals surface area contributed by atoms with Gasteiger partial charge in [-0.1, -0.05) is 6.92 Å². The van der Waals surface area contributed by atoms with E-state index in [1.54, 1.807) is 0 Å². The number of rotatable bonds is 7. The highest BCUT2D eigenvalue weighted by Gasteiger charge is 2.31. The molecule has 0 spiro atoms. The number of nitrogens with two attached hydrogens (primary N) is 1. The number of aromatic nitrogens is 2. The Morgan fingerprint density at radius 3 is 2.39 bits per heavy atom. The highest BCUT2D eigenvalue weighted by molar-refractivity contribution is 7.93. The summed E-state index contributed by atoms with van der Waals surface area (Å²) in [5.41, 5.74) is -0.440. The van der Waals surface area contributed by atoms with Crippen LogP contribution in [0.1, 0.15) is 17.3 Å². The van der Waals surface area contributed by atoms with Gasteiger partial charge in [-0.05, 0) is 6.07 Å². The fraction of sp³-hybridized carbons (Fsp3) is 0.267.